The monoisotopic (exact) mass is 235 g/mol. The van der Waals surface area contributed by atoms with Crippen LogP contribution in [0.4, 0.5) is 0 Å². The summed E-state index contributed by atoms with van der Waals surface area (Å²) in [4.78, 5) is 11.5. The quantitative estimate of drug-likeness (QED) is 0.851. The Morgan fingerprint density at radius 3 is 2.53 bits per heavy atom. The summed E-state index contributed by atoms with van der Waals surface area (Å²) in [5, 5.41) is 2.91. The van der Waals surface area contributed by atoms with Gasteiger partial charge in [0.15, 0.2) is 0 Å². The summed E-state index contributed by atoms with van der Waals surface area (Å²) in [6.45, 7) is 8.20. The van der Waals surface area contributed by atoms with Gasteiger partial charge < -0.3 is 10.1 Å². The molecule has 0 aliphatic carbocycles. The highest BCUT2D eigenvalue weighted by Gasteiger charge is 2.11. The molecule has 0 heterocycles. The van der Waals surface area contributed by atoms with Crippen LogP contribution in [0, 0.1) is 12.8 Å². The van der Waals surface area contributed by atoms with Crippen LogP contribution < -0.4 is 10.1 Å². The average Bonchev–Trinajstić information content (AvgIpc) is 2.27. The number of aryl methyl sites for hydroxylation is 1. The van der Waals surface area contributed by atoms with E-state index in [9.17, 15) is 4.79 Å². The minimum atomic E-state index is 0.0101. The molecule has 0 aliphatic rings. The fourth-order valence-electron chi connectivity index (χ4n) is 1.38. The van der Waals surface area contributed by atoms with Gasteiger partial charge in [-0.15, -0.1) is 0 Å². The van der Waals surface area contributed by atoms with E-state index in [2.05, 4.69) is 5.32 Å². The van der Waals surface area contributed by atoms with Crippen molar-refractivity contribution < 1.29 is 9.53 Å². The van der Waals surface area contributed by atoms with Crippen LogP contribution in [0.25, 0.3) is 0 Å². The molecule has 1 N–H and O–H groups in total. The van der Waals surface area contributed by atoms with Gasteiger partial charge in [0.05, 0.1) is 6.04 Å². The second-order valence-electron chi connectivity index (χ2n) is 4.64. The van der Waals surface area contributed by atoms with Crippen LogP contribution >= 0.6 is 0 Å². The van der Waals surface area contributed by atoms with Crippen molar-refractivity contribution in [1.29, 1.82) is 0 Å². The standard InChI is InChI=1S/C14H21NO2/c1-10(2)14(16)15-12(4)9-17-13-8-6-5-7-11(13)3/h5-8,10,12H,9H2,1-4H3,(H,15,16)/t12-/m0/s1. The Bertz CT molecular complexity index is 374. The molecule has 17 heavy (non-hydrogen) atoms. The summed E-state index contributed by atoms with van der Waals surface area (Å²) < 4.78 is 5.66. The lowest BCUT2D eigenvalue weighted by atomic mass is 10.2. The van der Waals surface area contributed by atoms with E-state index in [1.54, 1.807) is 0 Å². The SMILES string of the molecule is Cc1ccccc1OC[C@H](C)NC(=O)C(C)C. The van der Waals surface area contributed by atoms with Gasteiger partial charge in [-0.2, -0.15) is 0 Å². The van der Waals surface area contributed by atoms with Gasteiger partial charge in [-0.25, -0.2) is 0 Å². The second kappa shape index (κ2) is 6.28. The van der Waals surface area contributed by atoms with E-state index in [4.69, 9.17) is 4.74 Å². The summed E-state index contributed by atoms with van der Waals surface area (Å²) in [7, 11) is 0. The first-order valence-corrected chi connectivity index (χ1v) is 5.99. The van der Waals surface area contributed by atoms with E-state index in [0.29, 0.717) is 6.61 Å². The molecule has 1 rings (SSSR count). The molecule has 0 bridgehead atoms. The molecule has 0 unspecified atom stereocenters. The smallest absolute Gasteiger partial charge is 0.222 e. The van der Waals surface area contributed by atoms with Crippen molar-refractivity contribution in [3.63, 3.8) is 0 Å². The lowest BCUT2D eigenvalue weighted by Gasteiger charge is -2.17. The topological polar surface area (TPSA) is 38.3 Å². The van der Waals surface area contributed by atoms with Gasteiger partial charge in [0.25, 0.3) is 0 Å². The number of ether oxygens (including phenoxy) is 1. The zero-order valence-electron chi connectivity index (χ0n) is 11.0. The number of rotatable bonds is 5. The third kappa shape index (κ3) is 4.47. The molecule has 1 aromatic rings. The molecule has 0 aliphatic heterocycles. The molecule has 0 saturated heterocycles. The van der Waals surface area contributed by atoms with Crippen LogP contribution in [0.3, 0.4) is 0 Å². The van der Waals surface area contributed by atoms with E-state index in [-0.39, 0.29) is 17.9 Å². The molecule has 3 heteroatoms. The Kier molecular flexibility index (Phi) is 5.01. The van der Waals surface area contributed by atoms with Gasteiger partial charge in [-0.1, -0.05) is 32.0 Å². The Hall–Kier alpha value is -1.51. The number of benzene rings is 1. The van der Waals surface area contributed by atoms with Crippen molar-refractivity contribution in [2.45, 2.75) is 33.7 Å². The number of nitrogens with one attached hydrogen (secondary N) is 1. The fraction of sp³-hybridized carbons (Fsp3) is 0.500. The van der Waals surface area contributed by atoms with Crippen molar-refractivity contribution in [2.75, 3.05) is 6.61 Å². The van der Waals surface area contributed by atoms with Gasteiger partial charge in [-0.05, 0) is 25.5 Å². The lowest BCUT2D eigenvalue weighted by molar-refractivity contribution is -0.124. The molecule has 0 spiro atoms. The number of amides is 1. The highest BCUT2D eigenvalue weighted by atomic mass is 16.5. The molecule has 94 valence electrons. The van der Waals surface area contributed by atoms with Crippen LogP contribution in [-0.2, 0) is 4.79 Å². The van der Waals surface area contributed by atoms with Crippen molar-refractivity contribution in [1.82, 2.24) is 5.32 Å². The normalized spacial score (nSPS) is 12.3. The predicted octanol–water partition coefficient (Wildman–Crippen LogP) is 2.53. The van der Waals surface area contributed by atoms with E-state index < -0.39 is 0 Å². The third-order valence-electron chi connectivity index (χ3n) is 2.50. The highest BCUT2D eigenvalue weighted by Crippen LogP contribution is 2.16. The maximum absolute atomic E-state index is 11.5. The maximum atomic E-state index is 11.5. The first kappa shape index (κ1) is 13.6. The number of carbonyl (C=O) groups excluding carboxylic acids is 1. The third-order valence-corrected chi connectivity index (χ3v) is 2.50. The largest absolute Gasteiger partial charge is 0.491 e. The van der Waals surface area contributed by atoms with Crippen molar-refractivity contribution in [3.05, 3.63) is 29.8 Å². The summed E-state index contributed by atoms with van der Waals surface area (Å²) in [5.74, 6) is 0.944. The maximum Gasteiger partial charge on any atom is 0.222 e. The Morgan fingerprint density at radius 1 is 1.29 bits per heavy atom. The Morgan fingerprint density at radius 2 is 1.94 bits per heavy atom. The molecule has 0 aromatic heterocycles. The summed E-state index contributed by atoms with van der Waals surface area (Å²) in [5.41, 5.74) is 1.11. The van der Waals surface area contributed by atoms with Crippen molar-refractivity contribution in [3.8, 4) is 5.75 Å². The van der Waals surface area contributed by atoms with E-state index in [0.717, 1.165) is 11.3 Å². The van der Waals surface area contributed by atoms with E-state index in [1.807, 2.05) is 52.0 Å². The number of hydrogen-bond donors (Lipinski definition) is 1. The minimum Gasteiger partial charge on any atom is -0.491 e. The number of hydrogen-bond acceptors (Lipinski definition) is 2. The zero-order chi connectivity index (χ0) is 12.8. The Labute approximate surface area is 103 Å². The Balaban J connectivity index is 2.41. The van der Waals surface area contributed by atoms with Gasteiger partial charge >= 0.3 is 0 Å². The van der Waals surface area contributed by atoms with Gasteiger partial charge in [0, 0.05) is 5.92 Å². The van der Waals surface area contributed by atoms with Gasteiger partial charge in [0.1, 0.15) is 12.4 Å². The van der Waals surface area contributed by atoms with Crippen LogP contribution in [0.15, 0.2) is 24.3 Å². The molecule has 1 amide bonds. The fourth-order valence-corrected chi connectivity index (χ4v) is 1.38. The molecule has 1 aromatic carbocycles. The first-order valence-electron chi connectivity index (χ1n) is 5.99. The molecule has 0 radical (unpaired) electrons. The van der Waals surface area contributed by atoms with Crippen LogP contribution in [0.5, 0.6) is 5.75 Å². The van der Waals surface area contributed by atoms with Gasteiger partial charge in [0.2, 0.25) is 5.91 Å². The molecular weight excluding hydrogens is 214 g/mol. The molecular formula is C14H21NO2. The second-order valence-corrected chi connectivity index (χ2v) is 4.64. The molecule has 3 nitrogen and oxygen atoms in total. The highest BCUT2D eigenvalue weighted by molar-refractivity contribution is 5.78. The number of para-hydroxylation sites is 1. The van der Waals surface area contributed by atoms with Crippen LogP contribution in [0.2, 0.25) is 0 Å². The summed E-state index contributed by atoms with van der Waals surface area (Å²) >= 11 is 0. The zero-order valence-corrected chi connectivity index (χ0v) is 11.0. The lowest BCUT2D eigenvalue weighted by Crippen LogP contribution is -2.39. The average molecular weight is 235 g/mol. The summed E-state index contributed by atoms with van der Waals surface area (Å²) in [6, 6.07) is 7.88. The number of carbonyl (C=O) groups is 1. The summed E-state index contributed by atoms with van der Waals surface area (Å²) in [6.07, 6.45) is 0. The van der Waals surface area contributed by atoms with Crippen LogP contribution in [0.1, 0.15) is 26.3 Å². The van der Waals surface area contributed by atoms with Crippen molar-refractivity contribution >= 4 is 5.91 Å². The minimum absolute atomic E-state index is 0.0101. The van der Waals surface area contributed by atoms with Gasteiger partial charge in [-0.3, -0.25) is 4.79 Å². The molecule has 1 atom stereocenters. The first-order chi connectivity index (χ1) is 8.00. The van der Waals surface area contributed by atoms with Crippen LogP contribution in [-0.4, -0.2) is 18.6 Å². The predicted molar refractivity (Wildman–Crippen MR) is 69.1 cm³/mol. The van der Waals surface area contributed by atoms with Crippen molar-refractivity contribution in [2.24, 2.45) is 5.92 Å². The molecule has 0 fully saturated rings. The van der Waals surface area contributed by atoms with E-state index >= 15 is 0 Å². The van der Waals surface area contributed by atoms with E-state index in [1.165, 1.54) is 0 Å². The molecule has 0 saturated carbocycles.